The van der Waals surface area contributed by atoms with Crippen LogP contribution < -0.4 is 5.43 Å². The average Bonchev–Trinajstić information content (AvgIpc) is 2.97. The number of nitrogens with zero attached hydrogens (tertiary/aromatic N) is 3. The Morgan fingerprint density at radius 2 is 1.93 bits per heavy atom. The highest BCUT2D eigenvalue weighted by Crippen LogP contribution is 2.28. The van der Waals surface area contributed by atoms with E-state index in [4.69, 9.17) is 23.2 Å². The molecule has 0 saturated carbocycles. The third kappa shape index (κ3) is 4.47. The van der Waals surface area contributed by atoms with Crippen molar-refractivity contribution in [1.29, 1.82) is 0 Å². The Bertz CT molecular complexity index is 1140. The van der Waals surface area contributed by atoms with Crippen molar-refractivity contribution >= 4 is 41.0 Å². The minimum Gasteiger partial charge on any atom is -0.316 e. The normalized spacial score (nSPS) is 11.0. The van der Waals surface area contributed by atoms with Crippen molar-refractivity contribution in [3.8, 4) is 5.69 Å². The molecule has 0 radical (unpaired) electrons. The van der Waals surface area contributed by atoms with E-state index in [1.807, 2.05) is 24.5 Å². The first-order valence-corrected chi connectivity index (χ1v) is 9.25. The molecule has 9 heteroatoms. The van der Waals surface area contributed by atoms with Gasteiger partial charge in [0.1, 0.15) is 0 Å². The molecule has 0 bridgehead atoms. The second-order valence-corrected chi connectivity index (χ2v) is 7.11. The van der Waals surface area contributed by atoms with Crippen LogP contribution in [0.2, 0.25) is 10.0 Å². The number of non-ortho nitro benzene ring substituents is 1. The summed E-state index contributed by atoms with van der Waals surface area (Å²) >= 11 is 12.4. The highest BCUT2D eigenvalue weighted by atomic mass is 35.5. The van der Waals surface area contributed by atoms with E-state index in [0.29, 0.717) is 10.0 Å². The number of benzene rings is 2. The number of carbonyl (C=O) groups is 1. The van der Waals surface area contributed by atoms with Gasteiger partial charge in [-0.2, -0.15) is 5.10 Å². The van der Waals surface area contributed by atoms with E-state index >= 15 is 0 Å². The minimum absolute atomic E-state index is 0.146. The monoisotopic (exact) mass is 430 g/mol. The van der Waals surface area contributed by atoms with E-state index in [1.165, 1.54) is 30.5 Å². The van der Waals surface area contributed by atoms with E-state index in [2.05, 4.69) is 10.5 Å². The van der Waals surface area contributed by atoms with Crippen molar-refractivity contribution in [2.24, 2.45) is 5.10 Å². The highest BCUT2D eigenvalue weighted by molar-refractivity contribution is 6.34. The van der Waals surface area contributed by atoms with Gasteiger partial charge < -0.3 is 4.57 Å². The first-order valence-electron chi connectivity index (χ1n) is 8.50. The van der Waals surface area contributed by atoms with Crippen LogP contribution in [0.3, 0.4) is 0 Å². The van der Waals surface area contributed by atoms with Gasteiger partial charge in [-0.1, -0.05) is 29.3 Å². The quantitative estimate of drug-likeness (QED) is 0.347. The number of hydrazone groups is 1. The standard InChI is InChI=1S/C20H16Cl2N4O3/c1-12-8-15(13(2)25(12)19-10-16(21)6-7-18(19)22)11-23-24-20(27)14-4-3-5-17(9-14)26(28)29/h3-11H,1-2H3,(H,24,27)/b23-11+. The number of rotatable bonds is 5. The topological polar surface area (TPSA) is 89.5 Å². The van der Waals surface area contributed by atoms with Gasteiger partial charge in [0.05, 0.1) is 21.8 Å². The average molecular weight is 431 g/mol. The Kier molecular flexibility index (Phi) is 6.00. The van der Waals surface area contributed by atoms with Crippen LogP contribution in [0.5, 0.6) is 0 Å². The van der Waals surface area contributed by atoms with Gasteiger partial charge in [0.25, 0.3) is 11.6 Å². The van der Waals surface area contributed by atoms with Crippen LogP contribution in [0.25, 0.3) is 5.69 Å². The number of aryl methyl sites for hydroxylation is 1. The van der Waals surface area contributed by atoms with Crippen molar-refractivity contribution in [2.45, 2.75) is 13.8 Å². The Morgan fingerprint density at radius 1 is 1.17 bits per heavy atom. The lowest BCUT2D eigenvalue weighted by Gasteiger charge is -2.12. The molecule has 0 spiro atoms. The first-order chi connectivity index (χ1) is 13.8. The molecule has 3 aromatic rings. The predicted octanol–water partition coefficient (Wildman–Crippen LogP) is 5.07. The smallest absolute Gasteiger partial charge is 0.271 e. The molecule has 148 valence electrons. The third-order valence-electron chi connectivity index (χ3n) is 4.31. The molecule has 1 heterocycles. The van der Waals surface area contributed by atoms with Crippen molar-refractivity contribution in [3.05, 3.63) is 91.2 Å². The van der Waals surface area contributed by atoms with Crippen molar-refractivity contribution in [2.75, 3.05) is 0 Å². The fourth-order valence-corrected chi connectivity index (χ4v) is 3.30. The van der Waals surface area contributed by atoms with Crippen molar-refractivity contribution in [1.82, 2.24) is 9.99 Å². The van der Waals surface area contributed by atoms with Gasteiger partial charge in [-0.05, 0) is 44.2 Å². The molecule has 1 aromatic heterocycles. The minimum atomic E-state index is -0.560. The lowest BCUT2D eigenvalue weighted by atomic mass is 10.2. The Morgan fingerprint density at radius 3 is 2.66 bits per heavy atom. The Balaban J connectivity index is 1.82. The Hall–Kier alpha value is -3.16. The summed E-state index contributed by atoms with van der Waals surface area (Å²) in [7, 11) is 0. The summed E-state index contributed by atoms with van der Waals surface area (Å²) < 4.78 is 1.94. The van der Waals surface area contributed by atoms with Crippen LogP contribution in [0, 0.1) is 24.0 Å². The predicted molar refractivity (Wildman–Crippen MR) is 113 cm³/mol. The zero-order valence-electron chi connectivity index (χ0n) is 15.5. The largest absolute Gasteiger partial charge is 0.316 e. The fraction of sp³-hybridized carbons (Fsp3) is 0.100. The molecular weight excluding hydrogens is 415 g/mol. The summed E-state index contributed by atoms with van der Waals surface area (Å²) in [4.78, 5) is 22.5. The SMILES string of the molecule is Cc1cc(/C=N/NC(=O)c2cccc([N+](=O)[O-])c2)c(C)n1-c1cc(Cl)ccc1Cl. The lowest BCUT2D eigenvalue weighted by molar-refractivity contribution is -0.384. The summed E-state index contributed by atoms with van der Waals surface area (Å²) in [5.74, 6) is -0.545. The lowest BCUT2D eigenvalue weighted by Crippen LogP contribution is -2.17. The Labute approximate surface area is 176 Å². The third-order valence-corrected chi connectivity index (χ3v) is 4.86. The number of hydrogen-bond acceptors (Lipinski definition) is 4. The van der Waals surface area contributed by atoms with Gasteiger partial charge in [-0.3, -0.25) is 14.9 Å². The molecule has 0 saturated heterocycles. The van der Waals surface area contributed by atoms with E-state index in [0.717, 1.165) is 22.6 Å². The number of hydrogen-bond donors (Lipinski definition) is 1. The van der Waals surface area contributed by atoms with E-state index < -0.39 is 10.8 Å². The molecule has 2 aromatic carbocycles. The van der Waals surface area contributed by atoms with E-state index in [-0.39, 0.29) is 11.3 Å². The molecule has 29 heavy (non-hydrogen) atoms. The summed E-state index contributed by atoms with van der Waals surface area (Å²) in [6.45, 7) is 3.82. The van der Waals surface area contributed by atoms with Gasteiger partial charge in [0, 0.05) is 39.7 Å². The summed E-state index contributed by atoms with van der Waals surface area (Å²) in [6.07, 6.45) is 1.51. The van der Waals surface area contributed by atoms with E-state index in [1.54, 1.807) is 18.2 Å². The van der Waals surface area contributed by atoms with Gasteiger partial charge >= 0.3 is 0 Å². The van der Waals surface area contributed by atoms with Crippen LogP contribution in [-0.2, 0) is 0 Å². The number of carbonyl (C=O) groups excluding carboxylic acids is 1. The molecule has 0 unspecified atom stereocenters. The number of amides is 1. The van der Waals surface area contributed by atoms with Gasteiger partial charge in [-0.25, -0.2) is 5.43 Å². The van der Waals surface area contributed by atoms with Crippen LogP contribution in [0.15, 0.2) is 53.6 Å². The van der Waals surface area contributed by atoms with Gasteiger partial charge in [-0.15, -0.1) is 0 Å². The van der Waals surface area contributed by atoms with Gasteiger partial charge in [0.2, 0.25) is 0 Å². The molecule has 1 amide bonds. The van der Waals surface area contributed by atoms with Crippen LogP contribution in [-0.4, -0.2) is 21.6 Å². The van der Waals surface area contributed by atoms with Crippen LogP contribution in [0.1, 0.15) is 27.3 Å². The maximum atomic E-state index is 12.2. The molecule has 0 aliphatic carbocycles. The molecule has 3 rings (SSSR count). The molecule has 0 fully saturated rings. The molecule has 0 aliphatic rings. The number of nitro groups is 1. The number of nitrogens with one attached hydrogen (secondary N) is 1. The van der Waals surface area contributed by atoms with E-state index in [9.17, 15) is 14.9 Å². The maximum absolute atomic E-state index is 12.2. The molecule has 7 nitrogen and oxygen atoms in total. The zero-order valence-corrected chi connectivity index (χ0v) is 17.0. The summed E-state index contributed by atoms with van der Waals surface area (Å²) in [5.41, 5.74) is 5.66. The maximum Gasteiger partial charge on any atom is 0.271 e. The molecule has 0 atom stereocenters. The zero-order chi connectivity index (χ0) is 21.1. The first kappa shape index (κ1) is 20.6. The summed E-state index contributed by atoms with van der Waals surface area (Å²) in [5, 5.41) is 15.9. The highest BCUT2D eigenvalue weighted by Gasteiger charge is 2.13. The molecule has 0 aliphatic heterocycles. The van der Waals surface area contributed by atoms with Crippen molar-refractivity contribution in [3.63, 3.8) is 0 Å². The van der Waals surface area contributed by atoms with Crippen molar-refractivity contribution < 1.29 is 9.72 Å². The molecule has 1 N–H and O–H groups in total. The number of halogens is 2. The van der Waals surface area contributed by atoms with Gasteiger partial charge in [0.15, 0.2) is 0 Å². The summed E-state index contributed by atoms with van der Waals surface area (Å²) in [6, 6.07) is 12.5. The van der Waals surface area contributed by atoms with Crippen LogP contribution in [0.4, 0.5) is 5.69 Å². The fourth-order valence-electron chi connectivity index (χ4n) is 2.93. The second kappa shape index (κ2) is 8.46. The number of nitro benzene ring substituents is 1. The molecular formula is C20H16Cl2N4O3. The van der Waals surface area contributed by atoms with Crippen LogP contribution >= 0.6 is 23.2 Å². The number of aromatic nitrogens is 1. The second-order valence-electron chi connectivity index (χ2n) is 6.26.